The zero-order valence-corrected chi connectivity index (χ0v) is 18.7. The molecular formula is C24H14BrClN2OS. The van der Waals surface area contributed by atoms with E-state index in [1.54, 1.807) is 22.3 Å². The Morgan fingerprint density at radius 3 is 2.37 bits per heavy atom. The van der Waals surface area contributed by atoms with Crippen LogP contribution in [0.3, 0.4) is 0 Å². The van der Waals surface area contributed by atoms with Crippen molar-refractivity contribution in [2.75, 3.05) is 4.90 Å². The first-order chi connectivity index (χ1) is 14.6. The van der Waals surface area contributed by atoms with E-state index in [1.165, 1.54) is 0 Å². The zero-order chi connectivity index (χ0) is 20.7. The van der Waals surface area contributed by atoms with E-state index < -0.39 is 0 Å². The van der Waals surface area contributed by atoms with Crippen LogP contribution in [0.15, 0.2) is 94.0 Å². The smallest absolute Gasteiger partial charge is 0.266 e. The van der Waals surface area contributed by atoms with Crippen LogP contribution in [-0.2, 0) is 4.79 Å². The molecule has 3 aromatic carbocycles. The van der Waals surface area contributed by atoms with E-state index in [2.05, 4.69) is 15.9 Å². The number of anilines is 1. The van der Waals surface area contributed by atoms with Crippen LogP contribution in [0.1, 0.15) is 10.4 Å². The molecule has 0 saturated heterocycles. The highest BCUT2D eigenvalue weighted by Crippen LogP contribution is 2.39. The van der Waals surface area contributed by atoms with E-state index in [9.17, 15) is 4.79 Å². The van der Waals surface area contributed by atoms with Crippen molar-refractivity contribution in [3.05, 3.63) is 104 Å². The molecule has 0 saturated carbocycles. The van der Waals surface area contributed by atoms with Crippen LogP contribution in [0.25, 0.3) is 16.2 Å². The van der Waals surface area contributed by atoms with E-state index >= 15 is 0 Å². The summed E-state index contributed by atoms with van der Waals surface area (Å²) in [6, 6.07) is 25.2. The molecule has 0 spiro atoms. The third kappa shape index (κ3) is 3.39. The summed E-state index contributed by atoms with van der Waals surface area (Å²) >= 11 is 11.7. The first kappa shape index (κ1) is 19.2. The highest BCUT2D eigenvalue weighted by atomic mass is 79.9. The van der Waals surface area contributed by atoms with E-state index in [4.69, 9.17) is 16.6 Å². The topological polar surface area (TPSA) is 32.7 Å². The van der Waals surface area contributed by atoms with E-state index in [0.29, 0.717) is 16.6 Å². The average molecular weight is 494 g/mol. The number of hydrogen-bond acceptors (Lipinski definition) is 3. The van der Waals surface area contributed by atoms with Gasteiger partial charge in [-0.2, -0.15) is 0 Å². The third-order valence-electron chi connectivity index (χ3n) is 4.79. The van der Waals surface area contributed by atoms with Crippen molar-refractivity contribution >= 4 is 72.5 Å². The van der Waals surface area contributed by atoms with Crippen molar-refractivity contribution < 1.29 is 4.79 Å². The van der Waals surface area contributed by atoms with Crippen molar-refractivity contribution in [1.82, 2.24) is 0 Å². The van der Waals surface area contributed by atoms with E-state index in [-0.39, 0.29) is 5.91 Å². The van der Waals surface area contributed by atoms with Gasteiger partial charge >= 0.3 is 0 Å². The molecule has 0 N–H and O–H groups in total. The Morgan fingerprint density at radius 1 is 0.933 bits per heavy atom. The molecule has 1 aliphatic rings. The summed E-state index contributed by atoms with van der Waals surface area (Å²) in [7, 11) is 0. The van der Waals surface area contributed by atoms with Crippen LogP contribution < -0.4 is 4.90 Å². The van der Waals surface area contributed by atoms with Crippen molar-refractivity contribution in [3.63, 3.8) is 0 Å². The van der Waals surface area contributed by atoms with Crippen LogP contribution in [-0.4, -0.2) is 11.7 Å². The summed E-state index contributed by atoms with van der Waals surface area (Å²) in [5.41, 5.74) is 2.04. The summed E-state index contributed by atoms with van der Waals surface area (Å²) in [4.78, 5) is 20.5. The van der Waals surface area contributed by atoms with Crippen LogP contribution in [0, 0.1) is 0 Å². The highest BCUT2D eigenvalue weighted by molar-refractivity contribution is 9.10. The van der Waals surface area contributed by atoms with Gasteiger partial charge in [-0.05, 0) is 42.0 Å². The predicted octanol–water partition coefficient (Wildman–Crippen LogP) is 7.15. The molecule has 0 bridgehead atoms. The van der Waals surface area contributed by atoms with Crippen molar-refractivity contribution in [1.29, 1.82) is 0 Å². The lowest BCUT2D eigenvalue weighted by atomic mass is 10.2. The Labute approximate surface area is 191 Å². The van der Waals surface area contributed by atoms with Gasteiger partial charge in [-0.1, -0.05) is 76.1 Å². The van der Waals surface area contributed by atoms with Gasteiger partial charge in [0.15, 0.2) is 5.84 Å². The van der Waals surface area contributed by atoms with E-state index in [0.717, 1.165) is 30.7 Å². The number of amidine groups is 1. The molecular weight excluding hydrogens is 480 g/mol. The van der Waals surface area contributed by atoms with Crippen molar-refractivity contribution in [2.24, 2.45) is 4.99 Å². The summed E-state index contributed by atoms with van der Waals surface area (Å²) in [6.07, 6.45) is 1.80. The van der Waals surface area contributed by atoms with E-state index in [1.807, 2.05) is 78.9 Å². The van der Waals surface area contributed by atoms with Crippen molar-refractivity contribution in [2.45, 2.75) is 0 Å². The molecule has 1 aromatic heterocycles. The summed E-state index contributed by atoms with van der Waals surface area (Å²) in [5, 5.41) is 1.58. The molecule has 0 atom stereocenters. The normalized spacial score (nSPS) is 15.3. The Hall–Kier alpha value is -2.73. The largest absolute Gasteiger partial charge is 0.282 e. The summed E-state index contributed by atoms with van der Waals surface area (Å²) < 4.78 is 2.04. The molecule has 30 heavy (non-hydrogen) atoms. The third-order valence-corrected chi connectivity index (χ3v) is 6.99. The number of nitrogens with zero attached hydrogens (tertiary/aromatic N) is 2. The quantitative estimate of drug-likeness (QED) is 0.279. The van der Waals surface area contributed by atoms with Gasteiger partial charge < -0.3 is 0 Å². The van der Waals surface area contributed by atoms with Gasteiger partial charge in [-0.3, -0.25) is 9.69 Å². The SMILES string of the molecule is O=C1/C(=C\c2ccc(Br)cc2)N=C(c2sc3ccccc3c2Cl)N1c1ccccc1. The number of benzene rings is 3. The van der Waals surface area contributed by atoms with Gasteiger partial charge in [0.05, 0.1) is 15.6 Å². The second-order valence-corrected chi connectivity index (χ2v) is 9.08. The molecule has 4 aromatic rings. The van der Waals surface area contributed by atoms with Crippen LogP contribution in [0.5, 0.6) is 0 Å². The number of aliphatic imine (C=N–C) groups is 1. The lowest BCUT2D eigenvalue weighted by Gasteiger charge is -2.17. The fourth-order valence-corrected chi connectivity index (χ4v) is 5.12. The second-order valence-electron chi connectivity index (χ2n) is 6.73. The number of halogens is 2. The molecule has 6 heteroatoms. The fourth-order valence-electron chi connectivity index (χ4n) is 3.36. The maximum absolute atomic E-state index is 13.4. The first-order valence-corrected chi connectivity index (χ1v) is 11.2. The zero-order valence-electron chi connectivity index (χ0n) is 15.5. The minimum Gasteiger partial charge on any atom is -0.266 e. The molecule has 0 fully saturated rings. The van der Waals surface area contributed by atoms with Crippen LogP contribution >= 0.6 is 38.9 Å². The first-order valence-electron chi connectivity index (χ1n) is 9.25. The molecule has 1 amide bonds. The standard InChI is InChI=1S/C24H14BrClN2OS/c25-16-12-10-15(11-13-16)14-19-24(29)28(17-6-2-1-3-7-17)23(27-19)22-21(26)18-8-4-5-9-20(18)30-22/h1-14H/b19-14+. The minimum atomic E-state index is -0.173. The predicted molar refractivity (Wildman–Crippen MR) is 129 cm³/mol. The van der Waals surface area contributed by atoms with Gasteiger partial charge in [-0.25, -0.2) is 4.99 Å². The van der Waals surface area contributed by atoms with Gasteiger partial charge in [0.25, 0.3) is 5.91 Å². The molecule has 3 nitrogen and oxygen atoms in total. The molecule has 5 rings (SSSR count). The number of para-hydroxylation sites is 1. The Morgan fingerprint density at radius 2 is 1.63 bits per heavy atom. The minimum absolute atomic E-state index is 0.173. The van der Waals surface area contributed by atoms with Crippen LogP contribution in [0.2, 0.25) is 5.02 Å². The molecule has 1 aliphatic heterocycles. The second kappa shape index (κ2) is 7.84. The lowest BCUT2D eigenvalue weighted by Crippen LogP contribution is -2.32. The molecule has 0 unspecified atom stereocenters. The summed E-state index contributed by atoms with van der Waals surface area (Å²) in [6.45, 7) is 0. The number of hydrogen-bond donors (Lipinski definition) is 0. The van der Waals surface area contributed by atoms with Gasteiger partial charge in [0, 0.05) is 14.6 Å². The molecule has 2 heterocycles. The Bertz CT molecular complexity index is 1330. The summed E-state index contributed by atoms with van der Waals surface area (Å²) in [5.74, 6) is 0.383. The number of rotatable bonds is 3. The van der Waals surface area contributed by atoms with Crippen LogP contribution in [0.4, 0.5) is 5.69 Å². The Balaban J connectivity index is 1.68. The fraction of sp³-hybridized carbons (Fsp3) is 0. The van der Waals surface area contributed by atoms with Gasteiger partial charge in [-0.15, -0.1) is 11.3 Å². The maximum atomic E-state index is 13.4. The van der Waals surface area contributed by atoms with Crippen molar-refractivity contribution in [3.8, 4) is 0 Å². The molecule has 146 valence electrons. The number of amides is 1. The highest BCUT2D eigenvalue weighted by Gasteiger charge is 2.34. The number of carbonyl (C=O) groups is 1. The maximum Gasteiger partial charge on any atom is 0.282 e. The van der Waals surface area contributed by atoms with Gasteiger partial charge in [0.2, 0.25) is 0 Å². The lowest BCUT2D eigenvalue weighted by molar-refractivity contribution is -0.113. The molecule has 0 aliphatic carbocycles. The molecule has 0 radical (unpaired) electrons. The monoisotopic (exact) mass is 492 g/mol. The Kier molecular flexibility index (Phi) is 5.03. The number of fused-ring (bicyclic) bond motifs is 1. The van der Waals surface area contributed by atoms with Gasteiger partial charge in [0.1, 0.15) is 5.70 Å². The number of carbonyl (C=O) groups excluding carboxylic acids is 1. The average Bonchev–Trinajstić information content (AvgIpc) is 3.27. The number of thiophene rings is 1.